The molecule has 112 valence electrons. The van der Waals surface area contributed by atoms with Gasteiger partial charge in [-0.05, 0) is 32.2 Å². The molecule has 2 saturated heterocycles. The van der Waals surface area contributed by atoms with E-state index in [9.17, 15) is 4.79 Å². The Morgan fingerprint density at radius 3 is 2.84 bits per heavy atom. The Balaban J connectivity index is 0.00000180. The van der Waals surface area contributed by atoms with Crippen molar-refractivity contribution < 1.29 is 9.53 Å². The van der Waals surface area contributed by atoms with E-state index in [1.165, 1.54) is 19.3 Å². The van der Waals surface area contributed by atoms with Crippen molar-refractivity contribution in [1.29, 1.82) is 0 Å². The van der Waals surface area contributed by atoms with Gasteiger partial charge in [-0.2, -0.15) is 0 Å². The van der Waals surface area contributed by atoms with Crippen LogP contribution in [-0.2, 0) is 9.53 Å². The summed E-state index contributed by atoms with van der Waals surface area (Å²) in [6.45, 7) is 5.17. The summed E-state index contributed by atoms with van der Waals surface area (Å²) in [6, 6.07) is 0.862. The molecule has 4 nitrogen and oxygen atoms in total. The van der Waals surface area contributed by atoms with Crippen LogP contribution in [0, 0.1) is 0 Å². The molecule has 5 heteroatoms. The highest BCUT2D eigenvalue weighted by Crippen LogP contribution is 2.27. The van der Waals surface area contributed by atoms with E-state index in [0.717, 1.165) is 39.0 Å². The fourth-order valence-electron chi connectivity index (χ4n) is 3.08. The predicted octanol–water partition coefficient (Wildman–Crippen LogP) is 1.97. The summed E-state index contributed by atoms with van der Waals surface area (Å²) in [4.78, 5) is 14.3. The Bertz CT molecular complexity index is 262. The molecule has 2 rings (SSSR count). The summed E-state index contributed by atoms with van der Waals surface area (Å²) in [5.41, 5.74) is 0. The number of halogens is 1. The Morgan fingerprint density at radius 1 is 1.26 bits per heavy atom. The quantitative estimate of drug-likeness (QED) is 0.761. The molecule has 2 aliphatic rings. The summed E-state index contributed by atoms with van der Waals surface area (Å²) in [6.07, 6.45) is 6.87. The van der Waals surface area contributed by atoms with Crippen molar-refractivity contribution in [1.82, 2.24) is 10.2 Å². The molecule has 0 radical (unpaired) electrons. The number of carbonyl (C=O) groups excluding carboxylic acids is 1. The van der Waals surface area contributed by atoms with E-state index in [1.54, 1.807) is 0 Å². The van der Waals surface area contributed by atoms with Gasteiger partial charge in [-0.1, -0.05) is 19.8 Å². The van der Waals surface area contributed by atoms with Gasteiger partial charge in [0, 0.05) is 25.2 Å². The molecule has 0 aromatic rings. The molecule has 19 heavy (non-hydrogen) atoms. The van der Waals surface area contributed by atoms with E-state index in [4.69, 9.17) is 4.74 Å². The zero-order chi connectivity index (χ0) is 12.8. The largest absolute Gasteiger partial charge is 0.372 e. The molecule has 2 aliphatic heterocycles. The second kappa shape index (κ2) is 8.77. The molecule has 0 aromatic heterocycles. The van der Waals surface area contributed by atoms with E-state index in [2.05, 4.69) is 17.1 Å². The fraction of sp³-hybridized carbons (Fsp3) is 0.929. The normalized spacial score (nSPS) is 25.8. The standard InChI is InChI=1S/C14H26N2O2.ClH/c1-2-3-4-9-18-11-14(17)16-12-5-6-13(16)10-15-8-7-12;/h12-13,15H,2-11H2,1H3;1H. The molecule has 1 amide bonds. The van der Waals surface area contributed by atoms with Crippen LogP contribution < -0.4 is 5.32 Å². The van der Waals surface area contributed by atoms with E-state index in [0.29, 0.717) is 12.1 Å². The van der Waals surface area contributed by atoms with Crippen LogP contribution in [0.25, 0.3) is 0 Å². The zero-order valence-electron chi connectivity index (χ0n) is 11.9. The number of nitrogens with zero attached hydrogens (tertiary/aromatic N) is 1. The Morgan fingerprint density at radius 2 is 2.05 bits per heavy atom. The van der Waals surface area contributed by atoms with Gasteiger partial charge in [-0.25, -0.2) is 0 Å². The molecule has 0 spiro atoms. The minimum Gasteiger partial charge on any atom is -0.372 e. The first kappa shape index (κ1) is 16.7. The first-order chi connectivity index (χ1) is 8.83. The Kier molecular flexibility index (Phi) is 7.73. The van der Waals surface area contributed by atoms with Crippen molar-refractivity contribution in [2.45, 2.75) is 57.5 Å². The summed E-state index contributed by atoms with van der Waals surface area (Å²) in [5.74, 6) is 0.197. The van der Waals surface area contributed by atoms with Crippen LogP contribution in [0.15, 0.2) is 0 Å². The summed E-state index contributed by atoms with van der Waals surface area (Å²) >= 11 is 0. The molecule has 2 heterocycles. The van der Waals surface area contributed by atoms with Crippen molar-refractivity contribution in [3.63, 3.8) is 0 Å². The van der Waals surface area contributed by atoms with Crippen molar-refractivity contribution in [2.75, 3.05) is 26.3 Å². The van der Waals surface area contributed by atoms with Gasteiger partial charge in [0.05, 0.1) is 0 Å². The molecule has 2 bridgehead atoms. The third-order valence-electron chi connectivity index (χ3n) is 4.06. The van der Waals surface area contributed by atoms with Crippen molar-refractivity contribution in [3.05, 3.63) is 0 Å². The van der Waals surface area contributed by atoms with E-state index >= 15 is 0 Å². The van der Waals surface area contributed by atoms with Gasteiger partial charge in [0.25, 0.3) is 0 Å². The van der Waals surface area contributed by atoms with Crippen LogP contribution in [0.2, 0.25) is 0 Å². The molecular formula is C14H27ClN2O2. The summed E-state index contributed by atoms with van der Waals surface area (Å²) in [7, 11) is 0. The number of rotatable bonds is 6. The highest BCUT2D eigenvalue weighted by atomic mass is 35.5. The molecule has 0 aliphatic carbocycles. The number of hydrogen-bond acceptors (Lipinski definition) is 3. The molecule has 0 aromatic carbocycles. The lowest BCUT2D eigenvalue weighted by atomic mass is 10.1. The monoisotopic (exact) mass is 290 g/mol. The van der Waals surface area contributed by atoms with Gasteiger partial charge in [0.2, 0.25) is 5.91 Å². The molecule has 0 saturated carbocycles. The van der Waals surface area contributed by atoms with E-state index in [-0.39, 0.29) is 24.9 Å². The number of hydrogen-bond donors (Lipinski definition) is 1. The number of unbranched alkanes of at least 4 members (excludes halogenated alkanes) is 2. The summed E-state index contributed by atoms with van der Waals surface area (Å²) in [5, 5.41) is 3.41. The van der Waals surface area contributed by atoms with Gasteiger partial charge < -0.3 is 15.0 Å². The lowest BCUT2D eigenvalue weighted by Crippen LogP contribution is -2.44. The second-order valence-electron chi connectivity index (χ2n) is 5.44. The van der Waals surface area contributed by atoms with Crippen LogP contribution in [0.4, 0.5) is 0 Å². The van der Waals surface area contributed by atoms with Gasteiger partial charge >= 0.3 is 0 Å². The number of amides is 1. The average molecular weight is 291 g/mol. The first-order valence-corrected chi connectivity index (χ1v) is 7.42. The summed E-state index contributed by atoms with van der Waals surface area (Å²) < 4.78 is 5.50. The minimum atomic E-state index is 0. The van der Waals surface area contributed by atoms with Gasteiger partial charge in [-0.15, -0.1) is 12.4 Å². The highest BCUT2D eigenvalue weighted by molar-refractivity contribution is 5.85. The third kappa shape index (κ3) is 4.62. The van der Waals surface area contributed by atoms with Crippen LogP contribution in [0.1, 0.15) is 45.4 Å². The maximum absolute atomic E-state index is 12.2. The lowest BCUT2D eigenvalue weighted by molar-refractivity contribution is -0.138. The molecule has 1 N–H and O–H groups in total. The maximum atomic E-state index is 12.2. The highest BCUT2D eigenvalue weighted by Gasteiger charge is 2.37. The minimum absolute atomic E-state index is 0. The van der Waals surface area contributed by atoms with Crippen LogP contribution >= 0.6 is 12.4 Å². The number of carbonyl (C=O) groups is 1. The molecular weight excluding hydrogens is 264 g/mol. The number of fused-ring (bicyclic) bond motifs is 2. The SMILES string of the molecule is CCCCCOCC(=O)N1C2CCNCC1CC2.Cl. The maximum Gasteiger partial charge on any atom is 0.249 e. The number of ether oxygens (including phenoxy) is 1. The van der Waals surface area contributed by atoms with Crippen LogP contribution in [0.3, 0.4) is 0 Å². The van der Waals surface area contributed by atoms with Gasteiger partial charge in [0.1, 0.15) is 6.61 Å². The zero-order valence-corrected chi connectivity index (χ0v) is 12.7. The van der Waals surface area contributed by atoms with E-state index < -0.39 is 0 Å². The first-order valence-electron chi connectivity index (χ1n) is 7.42. The average Bonchev–Trinajstić information content (AvgIpc) is 2.62. The van der Waals surface area contributed by atoms with Crippen LogP contribution in [-0.4, -0.2) is 49.2 Å². The van der Waals surface area contributed by atoms with Crippen molar-refractivity contribution in [2.24, 2.45) is 0 Å². The number of nitrogens with one attached hydrogen (secondary N) is 1. The van der Waals surface area contributed by atoms with Gasteiger partial charge in [-0.3, -0.25) is 4.79 Å². The van der Waals surface area contributed by atoms with Crippen molar-refractivity contribution >= 4 is 18.3 Å². The molecule has 2 atom stereocenters. The fourth-order valence-corrected chi connectivity index (χ4v) is 3.08. The van der Waals surface area contributed by atoms with Gasteiger partial charge in [0.15, 0.2) is 0 Å². The molecule has 2 unspecified atom stereocenters. The lowest BCUT2D eigenvalue weighted by Gasteiger charge is -2.27. The second-order valence-corrected chi connectivity index (χ2v) is 5.44. The van der Waals surface area contributed by atoms with Crippen LogP contribution in [0.5, 0.6) is 0 Å². The topological polar surface area (TPSA) is 41.6 Å². The predicted molar refractivity (Wildman–Crippen MR) is 78.7 cm³/mol. The third-order valence-corrected chi connectivity index (χ3v) is 4.06. The Hall–Kier alpha value is -0.320. The Labute approximate surface area is 122 Å². The molecule has 2 fully saturated rings. The van der Waals surface area contributed by atoms with E-state index in [1.807, 2.05) is 0 Å². The van der Waals surface area contributed by atoms with Crippen molar-refractivity contribution in [3.8, 4) is 0 Å². The smallest absolute Gasteiger partial charge is 0.249 e.